The van der Waals surface area contributed by atoms with E-state index in [-0.39, 0.29) is 11.8 Å². The first-order chi connectivity index (χ1) is 9.60. The molecular weight excluding hydrogens is 256 g/mol. The summed E-state index contributed by atoms with van der Waals surface area (Å²) in [5.41, 5.74) is 7.43. The van der Waals surface area contributed by atoms with Gasteiger partial charge in [0.15, 0.2) is 0 Å². The number of hydrogen-bond acceptors (Lipinski definition) is 3. The minimum atomic E-state index is -0.943. The molecule has 1 aromatic carbocycles. The molecule has 0 spiro atoms. The molecule has 5 heteroatoms. The van der Waals surface area contributed by atoms with Crippen LogP contribution in [0, 0.1) is 5.92 Å². The van der Waals surface area contributed by atoms with Gasteiger partial charge in [0.25, 0.3) is 0 Å². The quantitative estimate of drug-likeness (QED) is 0.875. The Morgan fingerprint density at radius 1 is 1.45 bits per heavy atom. The highest BCUT2D eigenvalue weighted by molar-refractivity contribution is 5.99. The Morgan fingerprint density at radius 2 is 2.20 bits per heavy atom. The predicted molar refractivity (Wildman–Crippen MR) is 76.9 cm³/mol. The number of carboxylic acids is 1. The van der Waals surface area contributed by atoms with Crippen molar-refractivity contribution in [3.63, 3.8) is 0 Å². The normalized spacial score (nSPS) is 15.6. The molecule has 108 valence electrons. The topological polar surface area (TPSA) is 83.6 Å². The van der Waals surface area contributed by atoms with Crippen molar-refractivity contribution in [3.8, 4) is 0 Å². The molecule has 0 radical (unpaired) electrons. The standard InChI is InChI=1S/C15H20N2O3/c1-2-10(9-16)14(18)17-8-4-6-11-12(15(19)20)5-3-7-13(11)17/h3,5,7,10H,2,4,6,8-9,16H2,1H3,(H,19,20). The second-order valence-electron chi connectivity index (χ2n) is 5.04. The monoisotopic (exact) mass is 276 g/mol. The molecule has 0 bridgehead atoms. The maximum Gasteiger partial charge on any atom is 0.336 e. The summed E-state index contributed by atoms with van der Waals surface area (Å²) in [6.07, 6.45) is 2.17. The van der Waals surface area contributed by atoms with Crippen LogP contribution in [-0.2, 0) is 11.2 Å². The third-order valence-corrected chi connectivity index (χ3v) is 3.87. The average Bonchev–Trinajstić information content (AvgIpc) is 2.46. The molecule has 1 aliphatic rings. The average molecular weight is 276 g/mol. The van der Waals surface area contributed by atoms with E-state index in [1.165, 1.54) is 0 Å². The van der Waals surface area contributed by atoms with Gasteiger partial charge in [-0.15, -0.1) is 0 Å². The zero-order valence-electron chi connectivity index (χ0n) is 11.6. The number of anilines is 1. The second-order valence-corrected chi connectivity index (χ2v) is 5.04. The van der Waals surface area contributed by atoms with Crippen LogP contribution in [0.5, 0.6) is 0 Å². The Labute approximate surface area is 118 Å². The van der Waals surface area contributed by atoms with Crippen LogP contribution in [0.25, 0.3) is 0 Å². The van der Waals surface area contributed by atoms with E-state index in [1.54, 1.807) is 17.0 Å². The number of hydrogen-bond donors (Lipinski definition) is 2. The molecule has 2 rings (SSSR count). The van der Waals surface area contributed by atoms with Gasteiger partial charge in [0.2, 0.25) is 5.91 Å². The van der Waals surface area contributed by atoms with Gasteiger partial charge in [0.05, 0.1) is 11.5 Å². The number of fused-ring (bicyclic) bond motifs is 1. The van der Waals surface area contributed by atoms with E-state index in [9.17, 15) is 14.7 Å². The molecule has 0 saturated heterocycles. The molecule has 0 saturated carbocycles. The van der Waals surface area contributed by atoms with Gasteiger partial charge >= 0.3 is 5.97 Å². The van der Waals surface area contributed by atoms with Gasteiger partial charge in [-0.05, 0) is 37.0 Å². The number of amides is 1. The number of benzene rings is 1. The molecule has 0 fully saturated rings. The maximum atomic E-state index is 12.5. The van der Waals surface area contributed by atoms with E-state index in [0.29, 0.717) is 31.5 Å². The van der Waals surface area contributed by atoms with Gasteiger partial charge in [0, 0.05) is 18.8 Å². The number of rotatable bonds is 4. The second kappa shape index (κ2) is 6.05. The molecule has 20 heavy (non-hydrogen) atoms. The van der Waals surface area contributed by atoms with E-state index < -0.39 is 5.97 Å². The Hall–Kier alpha value is -1.88. The van der Waals surface area contributed by atoms with Crippen LogP contribution in [0.1, 0.15) is 35.7 Å². The van der Waals surface area contributed by atoms with Crippen molar-refractivity contribution in [2.75, 3.05) is 18.0 Å². The van der Waals surface area contributed by atoms with Crippen molar-refractivity contribution in [2.45, 2.75) is 26.2 Å². The number of nitrogens with two attached hydrogens (primary N) is 1. The van der Waals surface area contributed by atoms with Crippen LogP contribution in [0.15, 0.2) is 18.2 Å². The van der Waals surface area contributed by atoms with E-state index in [1.807, 2.05) is 13.0 Å². The van der Waals surface area contributed by atoms with E-state index in [4.69, 9.17) is 5.73 Å². The fourth-order valence-corrected chi connectivity index (χ4v) is 2.72. The summed E-state index contributed by atoms with van der Waals surface area (Å²) in [7, 11) is 0. The summed E-state index contributed by atoms with van der Waals surface area (Å²) in [6, 6.07) is 5.11. The summed E-state index contributed by atoms with van der Waals surface area (Å²) in [5, 5.41) is 9.24. The van der Waals surface area contributed by atoms with Gasteiger partial charge < -0.3 is 15.7 Å². The minimum Gasteiger partial charge on any atom is -0.478 e. The zero-order chi connectivity index (χ0) is 14.7. The zero-order valence-corrected chi connectivity index (χ0v) is 11.6. The van der Waals surface area contributed by atoms with Crippen LogP contribution in [-0.4, -0.2) is 30.1 Å². The molecule has 1 amide bonds. The number of carboxylic acid groups (broad SMARTS) is 1. The van der Waals surface area contributed by atoms with Crippen molar-refractivity contribution in [3.05, 3.63) is 29.3 Å². The van der Waals surface area contributed by atoms with Crippen LogP contribution in [0.3, 0.4) is 0 Å². The number of carbonyl (C=O) groups is 2. The summed E-state index contributed by atoms with van der Waals surface area (Å²) in [5.74, 6) is -1.14. The molecule has 1 aromatic rings. The van der Waals surface area contributed by atoms with Crippen molar-refractivity contribution >= 4 is 17.6 Å². The van der Waals surface area contributed by atoms with Crippen LogP contribution in [0.4, 0.5) is 5.69 Å². The lowest BCUT2D eigenvalue weighted by atomic mass is 9.94. The van der Waals surface area contributed by atoms with Gasteiger partial charge in [-0.1, -0.05) is 13.0 Å². The molecule has 5 nitrogen and oxygen atoms in total. The summed E-state index contributed by atoms with van der Waals surface area (Å²) in [6.45, 7) is 2.89. The third-order valence-electron chi connectivity index (χ3n) is 3.87. The minimum absolute atomic E-state index is 0.00140. The van der Waals surface area contributed by atoms with Crippen LogP contribution in [0.2, 0.25) is 0 Å². The fourth-order valence-electron chi connectivity index (χ4n) is 2.72. The number of aromatic carboxylic acids is 1. The van der Waals surface area contributed by atoms with E-state index >= 15 is 0 Å². The first-order valence-corrected chi connectivity index (χ1v) is 6.96. The highest BCUT2D eigenvalue weighted by Crippen LogP contribution is 2.31. The Kier molecular flexibility index (Phi) is 4.39. The smallest absolute Gasteiger partial charge is 0.336 e. The first-order valence-electron chi connectivity index (χ1n) is 6.96. The fraction of sp³-hybridized carbons (Fsp3) is 0.467. The van der Waals surface area contributed by atoms with Gasteiger partial charge in [-0.2, -0.15) is 0 Å². The van der Waals surface area contributed by atoms with Gasteiger partial charge in [-0.3, -0.25) is 4.79 Å². The van der Waals surface area contributed by atoms with Crippen LogP contribution < -0.4 is 10.6 Å². The summed E-state index contributed by atoms with van der Waals surface area (Å²) in [4.78, 5) is 25.5. The van der Waals surface area contributed by atoms with Crippen molar-refractivity contribution in [1.82, 2.24) is 0 Å². The van der Waals surface area contributed by atoms with Crippen LogP contribution >= 0.6 is 0 Å². The van der Waals surface area contributed by atoms with E-state index in [0.717, 1.165) is 17.7 Å². The number of carbonyl (C=O) groups excluding carboxylic acids is 1. The highest BCUT2D eigenvalue weighted by Gasteiger charge is 2.29. The molecule has 1 aliphatic heterocycles. The SMILES string of the molecule is CCC(CN)C(=O)N1CCCc2c(C(=O)O)cccc21. The predicted octanol–water partition coefficient (Wildman–Crippen LogP) is 1.65. The number of nitrogens with zero attached hydrogens (tertiary/aromatic N) is 1. The van der Waals surface area contributed by atoms with Crippen molar-refractivity contribution in [2.24, 2.45) is 11.7 Å². The molecular formula is C15H20N2O3. The summed E-state index contributed by atoms with van der Waals surface area (Å²) >= 11 is 0. The van der Waals surface area contributed by atoms with Gasteiger partial charge in [0.1, 0.15) is 0 Å². The Bertz CT molecular complexity index is 524. The lowest BCUT2D eigenvalue weighted by Gasteiger charge is -2.32. The summed E-state index contributed by atoms with van der Waals surface area (Å²) < 4.78 is 0. The lowest BCUT2D eigenvalue weighted by molar-refractivity contribution is -0.122. The molecule has 0 aromatic heterocycles. The highest BCUT2D eigenvalue weighted by atomic mass is 16.4. The van der Waals surface area contributed by atoms with Crippen molar-refractivity contribution < 1.29 is 14.7 Å². The van der Waals surface area contributed by atoms with Gasteiger partial charge in [-0.25, -0.2) is 4.79 Å². The lowest BCUT2D eigenvalue weighted by Crippen LogP contribution is -2.42. The van der Waals surface area contributed by atoms with Crippen molar-refractivity contribution in [1.29, 1.82) is 0 Å². The third kappa shape index (κ3) is 2.54. The molecule has 3 N–H and O–H groups in total. The largest absolute Gasteiger partial charge is 0.478 e. The Balaban J connectivity index is 2.40. The molecule has 1 heterocycles. The molecule has 1 atom stereocenters. The Morgan fingerprint density at radius 3 is 2.80 bits per heavy atom. The van der Waals surface area contributed by atoms with E-state index in [2.05, 4.69) is 0 Å². The maximum absolute atomic E-state index is 12.5. The molecule has 0 aliphatic carbocycles. The first kappa shape index (κ1) is 14.5. The molecule has 1 unspecified atom stereocenters.